The lowest BCUT2D eigenvalue weighted by Gasteiger charge is -2.35. The Morgan fingerprint density at radius 1 is 0.314 bits per heavy atom. The van der Waals surface area contributed by atoms with Crippen molar-refractivity contribution in [3.05, 3.63) is 323 Å². The van der Waals surface area contributed by atoms with Crippen molar-refractivity contribution in [2.75, 3.05) is 0 Å². The summed E-state index contributed by atoms with van der Waals surface area (Å²) in [6.45, 7) is 14.0. The van der Waals surface area contributed by atoms with E-state index < -0.39 is 34.7 Å². The molecule has 86 heavy (non-hydrogen) atoms. The first-order valence-electron chi connectivity index (χ1n) is 28.4. The lowest BCUT2D eigenvalue weighted by molar-refractivity contribution is -0.131. The fraction of sp³-hybridized carbons (Fsp3) is 0.0769. The van der Waals surface area contributed by atoms with E-state index in [-0.39, 0.29) is 11.1 Å². The number of allylic oxidation sites excluding steroid dienone is 2. The van der Waals surface area contributed by atoms with Crippen LogP contribution in [-0.4, -0.2) is 23.9 Å². The number of hydrogen-bond acceptors (Lipinski definition) is 8. The standard InChI is InChI=1S/C78H56O8/c1-47(2)73(79)83-58-36-28-54(29-37-58)77(69-22-14-13-21-65(69)66-44-25-51-15-7-10-18-62(51)70(66)77)55-30-38-60(39-31-55)85-75(81)49(5)23-24-50(6)76(82)86-61-42-34-57(35-43-61)78(56-32-40-59(41-33-56)84-74(80)48(3)4)71-63-19-11-8-16-52(63)26-45-67(71)68-46-27-53-17-9-12-20-64(53)72(68)78/h7-46H,1,3H2,2,4-6H3/b49-23+,50-24+. The van der Waals surface area contributed by atoms with Crippen molar-refractivity contribution in [1.82, 2.24) is 0 Å². The minimum Gasteiger partial charge on any atom is -0.423 e. The number of esters is 4. The van der Waals surface area contributed by atoms with Gasteiger partial charge in [-0.15, -0.1) is 0 Å². The Hall–Kier alpha value is -11.0. The van der Waals surface area contributed by atoms with Crippen molar-refractivity contribution >= 4 is 56.2 Å². The zero-order chi connectivity index (χ0) is 59.4. The van der Waals surface area contributed by atoms with Gasteiger partial charge in [0.25, 0.3) is 0 Å². The fourth-order valence-electron chi connectivity index (χ4n) is 12.8. The van der Waals surface area contributed by atoms with Gasteiger partial charge in [0.05, 0.1) is 10.8 Å². The molecule has 0 fully saturated rings. The number of rotatable bonds is 13. The average Bonchev–Trinajstić information content (AvgIpc) is 1.53. The monoisotopic (exact) mass is 1120 g/mol. The van der Waals surface area contributed by atoms with Crippen molar-refractivity contribution in [2.45, 2.75) is 38.5 Å². The van der Waals surface area contributed by atoms with Crippen LogP contribution in [0.2, 0.25) is 0 Å². The van der Waals surface area contributed by atoms with E-state index in [1.165, 1.54) is 0 Å². The molecule has 8 heteroatoms. The van der Waals surface area contributed by atoms with E-state index in [0.29, 0.717) is 34.1 Å². The third-order valence-corrected chi connectivity index (χ3v) is 16.7. The van der Waals surface area contributed by atoms with Crippen LogP contribution in [0.1, 0.15) is 72.2 Å². The maximum absolute atomic E-state index is 13.9. The first-order chi connectivity index (χ1) is 41.7. The quantitative estimate of drug-likeness (QED) is 0.0487. The lowest BCUT2D eigenvalue weighted by Crippen LogP contribution is -2.29. The van der Waals surface area contributed by atoms with Gasteiger partial charge in [-0.2, -0.15) is 0 Å². The highest BCUT2D eigenvalue weighted by molar-refractivity contribution is 6.07. The highest BCUT2D eigenvalue weighted by atomic mass is 16.5. The van der Waals surface area contributed by atoms with Crippen LogP contribution in [0.25, 0.3) is 54.6 Å². The van der Waals surface area contributed by atoms with E-state index in [9.17, 15) is 19.2 Å². The molecule has 0 aliphatic heterocycles. The number of ether oxygens (including phenoxy) is 4. The van der Waals surface area contributed by atoms with Crippen molar-refractivity contribution in [1.29, 1.82) is 0 Å². The Kier molecular flexibility index (Phi) is 13.7. The summed E-state index contributed by atoms with van der Waals surface area (Å²) < 4.78 is 23.3. The van der Waals surface area contributed by atoms with Gasteiger partial charge < -0.3 is 18.9 Å². The molecule has 0 heterocycles. The molecule has 11 aromatic carbocycles. The normalized spacial score (nSPS) is 14.6. The van der Waals surface area contributed by atoms with Gasteiger partial charge >= 0.3 is 23.9 Å². The summed E-state index contributed by atoms with van der Waals surface area (Å²) in [4.78, 5) is 52.8. The molecule has 2 aliphatic rings. The first kappa shape index (κ1) is 54.3. The van der Waals surface area contributed by atoms with Gasteiger partial charge in [0.15, 0.2) is 0 Å². The summed E-state index contributed by atoms with van der Waals surface area (Å²) in [5, 5.41) is 6.55. The molecule has 1 unspecified atom stereocenters. The summed E-state index contributed by atoms with van der Waals surface area (Å²) in [5.41, 5.74) is 12.1. The van der Waals surface area contributed by atoms with Crippen LogP contribution in [0.5, 0.6) is 23.0 Å². The van der Waals surface area contributed by atoms with E-state index in [1.807, 2.05) is 109 Å². The number of benzene rings is 11. The average molecular weight is 1120 g/mol. The van der Waals surface area contributed by atoms with Crippen LogP contribution in [0.3, 0.4) is 0 Å². The topological polar surface area (TPSA) is 105 Å². The summed E-state index contributed by atoms with van der Waals surface area (Å²) >= 11 is 0. The van der Waals surface area contributed by atoms with Crippen molar-refractivity contribution in [3.8, 4) is 45.3 Å². The highest BCUT2D eigenvalue weighted by Crippen LogP contribution is 2.61. The molecule has 0 radical (unpaired) electrons. The molecule has 0 saturated heterocycles. The predicted octanol–water partition coefficient (Wildman–Crippen LogP) is 17.2. The Labute approximate surface area is 498 Å². The van der Waals surface area contributed by atoms with Crippen LogP contribution in [0, 0.1) is 0 Å². The molecule has 0 saturated carbocycles. The lowest BCUT2D eigenvalue weighted by atomic mass is 9.66. The van der Waals surface area contributed by atoms with Crippen LogP contribution in [0.4, 0.5) is 0 Å². The molecule has 0 bridgehead atoms. The summed E-state index contributed by atoms with van der Waals surface area (Å²) in [7, 11) is 0. The molecule has 0 N–H and O–H groups in total. The molecule has 2 aliphatic carbocycles. The van der Waals surface area contributed by atoms with E-state index in [0.717, 1.165) is 99.1 Å². The van der Waals surface area contributed by atoms with Crippen LogP contribution in [-0.2, 0) is 30.0 Å². The second kappa shape index (κ2) is 21.7. The first-order valence-corrected chi connectivity index (χ1v) is 28.4. The Morgan fingerprint density at radius 2 is 0.605 bits per heavy atom. The SMILES string of the molecule is C=C(C)C(=O)Oc1ccc(C2(c3ccc(OC(=O)/C(C)=C/C=C(\C)C(=O)Oc4ccc(C5(c6ccc(OC(=O)C(=C)C)cc6)c6c(ccc7ccccc67)-c6ccc7ccccc7c65)cc4)cc3)c3ccccc3-c3ccc4ccccc4c32)cc1. The molecule has 11 aromatic rings. The van der Waals surface area contributed by atoms with Gasteiger partial charge in [-0.05, 0) is 175 Å². The molecule has 416 valence electrons. The van der Waals surface area contributed by atoms with Gasteiger partial charge in [-0.3, -0.25) is 0 Å². The second-order valence-electron chi connectivity index (χ2n) is 22.1. The molecule has 8 nitrogen and oxygen atoms in total. The molecular weight excluding hydrogens is 1060 g/mol. The molecular formula is C78H56O8. The maximum Gasteiger partial charge on any atom is 0.339 e. The largest absolute Gasteiger partial charge is 0.423 e. The van der Waals surface area contributed by atoms with Gasteiger partial charge in [0, 0.05) is 22.3 Å². The predicted molar refractivity (Wildman–Crippen MR) is 340 cm³/mol. The number of carbonyl (C=O) groups excluding carboxylic acids is 4. The summed E-state index contributed by atoms with van der Waals surface area (Å²) in [6, 6.07) is 77.3. The molecule has 0 amide bonds. The number of hydrogen-bond donors (Lipinski definition) is 0. The smallest absolute Gasteiger partial charge is 0.339 e. The van der Waals surface area contributed by atoms with E-state index in [4.69, 9.17) is 18.9 Å². The second-order valence-corrected chi connectivity index (χ2v) is 22.1. The number of carbonyl (C=O) groups is 4. The Balaban J connectivity index is 0.786. The van der Waals surface area contributed by atoms with Crippen LogP contribution < -0.4 is 18.9 Å². The fourth-order valence-corrected chi connectivity index (χ4v) is 12.8. The van der Waals surface area contributed by atoms with Crippen molar-refractivity contribution < 1.29 is 38.1 Å². The Bertz CT molecular complexity index is 4630. The van der Waals surface area contributed by atoms with Gasteiger partial charge in [0.2, 0.25) is 0 Å². The van der Waals surface area contributed by atoms with Gasteiger partial charge in [-0.25, -0.2) is 19.2 Å². The third-order valence-electron chi connectivity index (χ3n) is 16.7. The van der Waals surface area contributed by atoms with Crippen LogP contribution in [0.15, 0.2) is 278 Å². The van der Waals surface area contributed by atoms with Crippen molar-refractivity contribution in [3.63, 3.8) is 0 Å². The Morgan fingerprint density at radius 3 is 0.965 bits per heavy atom. The minimum absolute atomic E-state index is 0.267. The number of fused-ring (bicyclic) bond motifs is 12. The molecule has 13 rings (SSSR count). The summed E-state index contributed by atoms with van der Waals surface area (Å²) in [5.74, 6) is -0.701. The molecule has 1 atom stereocenters. The van der Waals surface area contributed by atoms with Crippen LogP contribution >= 0.6 is 0 Å². The van der Waals surface area contributed by atoms with E-state index in [2.05, 4.69) is 122 Å². The zero-order valence-electron chi connectivity index (χ0n) is 47.8. The molecule has 0 aromatic heterocycles. The van der Waals surface area contributed by atoms with E-state index in [1.54, 1.807) is 52.0 Å². The van der Waals surface area contributed by atoms with Crippen molar-refractivity contribution in [2.24, 2.45) is 0 Å². The zero-order valence-corrected chi connectivity index (χ0v) is 47.8. The third kappa shape index (κ3) is 9.02. The summed E-state index contributed by atoms with van der Waals surface area (Å²) in [6.07, 6.45) is 3.11. The maximum atomic E-state index is 13.9. The van der Waals surface area contributed by atoms with Gasteiger partial charge in [0.1, 0.15) is 23.0 Å². The van der Waals surface area contributed by atoms with Gasteiger partial charge in [-0.1, -0.05) is 207 Å². The molecule has 0 spiro atoms. The van der Waals surface area contributed by atoms with E-state index >= 15 is 0 Å². The minimum atomic E-state index is -0.884. The highest BCUT2D eigenvalue weighted by Gasteiger charge is 2.49.